The highest BCUT2D eigenvalue weighted by molar-refractivity contribution is 5.79. The highest BCUT2D eigenvalue weighted by Crippen LogP contribution is 2.14. The van der Waals surface area contributed by atoms with Crippen molar-refractivity contribution in [3.8, 4) is 5.75 Å². The minimum absolute atomic E-state index is 0.626. The summed E-state index contributed by atoms with van der Waals surface area (Å²) >= 11 is 0. The van der Waals surface area contributed by atoms with Crippen molar-refractivity contribution in [1.82, 2.24) is 14.8 Å². The molecule has 5 heteroatoms. The van der Waals surface area contributed by atoms with E-state index in [1.54, 1.807) is 0 Å². The van der Waals surface area contributed by atoms with Crippen LogP contribution in [-0.4, -0.2) is 35.6 Å². The van der Waals surface area contributed by atoms with E-state index in [4.69, 9.17) is 9.73 Å². The summed E-state index contributed by atoms with van der Waals surface area (Å²) in [4.78, 5) is 6.91. The average molecular weight is 328 g/mol. The summed E-state index contributed by atoms with van der Waals surface area (Å²) in [5, 5.41) is 3.36. The van der Waals surface area contributed by atoms with E-state index in [9.17, 15) is 0 Å². The van der Waals surface area contributed by atoms with Gasteiger partial charge in [-0.15, -0.1) is 0 Å². The zero-order valence-electron chi connectivity index (χ0n) is 15.1. The molecule has 1 N–H and O–H groups in total. The Balaban J connectivity index is 2.07. The number of ether oxygens (including phenoxy) is 1. The van der Waals surface area contributed by atoms with Gasteiger partial charge >= 0.3 is 0 Å². The molecule has 0 radical (unpaired) electrons. The fourth-order valence-electron chi connectivity index (χ4n) is 2.51. The minimum Gasteiger partial charge on any atom is -0.494 e. The van der Waals surface area contributed by atoms with Gasteiger partial charge in [0, 0.05) is 32.5 Å². The number of nitrogens with zero attached hydrogens (tertiary/aromatic N) is 3. The Labute approximate surface area is 145 Å². The molecule has 0 saturated heterocycles. The summed E-state index contributed by atoms with van der Waals surface area (Å²) in [5.41, 5.74) is 2.39. The first-order valence-corrected chi connectivity index (χ1v) is 8.45. The van der Waals surface area contributed by atoms with Gasteiger partial charge in [-0.3, -0.25) is 0 Å². The first-order valence-electron chi connectivity index (χ1n) is 8.45. The zero-order valence-corrected chi connectivity index (χ0v) is 15.1. The fraction of sp³-hybridized carbons (Fsp3) is 0.421. The molecule has 0 unspecified atom stereocenters. The van der Waals surface area contributed by atoms with Gasteiger partial charge in [-0.1, -0.05) is 12.1 Å². The number of aryl methyl sites for hydroxylation is 1. The topological polar surface area (TPSA) is 41.8 Å². The van der Waals surface area contributed by atoms with Crippen LogP contribution in [0.25, 0.3) is 0 Å². The summed E-state index contributed by atoms with van der Waals surface area (Å²) in [6.07, 6.45) is 2.06. The van der Waals surface area contributed by atoms with Gasteiger partial charge < -0.3 is 19.5 Å². The molecule has 0 fully saturated rings. The van der Waals surface area contributed by atoms with Gasteiger partial charge in [0.1, 0.15) is 5.75 Å². The van der Waals surface area contributed by atoms with Crippen molar-refractivity contribution in [2.75, 3.05) is 20.2 Å². The van der Waals surface area contributed by atoms with E-state index in [1.165, 1.54) is 5.69 Å². The molecule has 1 heterocycles. The van der Waals surface area contributed by atoms with Gasteiger partial charge in [-0.05, 0) is 43.7 Å². The molecule has 0 amide bonds. The van der Waals surface area contributed by atoms with Gasteiger partial charge in [0.25, 0.3) is 0 Å². The summed E-state index contributed by atoms with van der Waals surface area (Å²) in [6, 6.07) is 12.3. The first kappa shape index (κ1) is 17.9. The van der Waals surface area contributed by atoms with Crippen LogP contribution in [0.2, 0.25) is 0 Å². The van der Waals surface area contributed by atoms with E-state index in [1.807, 2.05) is 25.1 Å². The molecule has 1 aromatic heterocycles. The number of hydrogen-bond acceptors (Lipinski definition) is 2. The van der Waals surface area contributed by atoms with E-state index in [0.29, 0.717) is 13.2 Å². The SMILES string of the molecule is CCNC(=NCc1cccc(OCC)c1)N(C)Cc1cccn1C. The van der Waals surface area contributed by atoms with E-state index in [0.717, 1.165) is 30.4 Å². The maximum atomic E-state index is 5.55. The first-order chi connectivity index (χ1) is 11.6. The highest BCUT2D eigenvalue weighted by atomic mass is 16.5. The minimum atomic E-state index is 0.626. The van der Waals surface area contributed by atoms with Gasteiger partial charge in [-0.2, -0.15) is 0 Å². The molecule has 2 rings (SSSR count). The van der Waals surface area contributed by atoms with E-state index in [2.05, 4.69) is 60.2 Å². The Bertz CT molecular complexity index is 663. The maximum Gasteiger partial charge on any atom is 0.194 e. The van der Waals surface area contributed by atoms with Crippen molar-refractivity contribution in [2.45, 2.75) is 26.9 Å². The third-order valence-corrected chi connectivity index (χ3v) is 3.77. The average Bonchev–Trinajstić information content (AvgIpc) is 2.97. The van der Waals surface area contributed by atoms with Crippen molar-refractivity contribution in [3.05, 3.63) is 53.9 Å². The third-order valence-electron chi connectivity index (χ3n) is 3.77. The molecule has 5 nitrogen and oxygen atoms in total. The number of rotatable bonds is 7. The summed E-state index contributed by atoms with van der Waals surface area (Å²) in [7, 11) is 4.12. The van der Waals surface area contributed by atoms with Crippen molar-refractivity contribution >= 4 is 5.96 Å². The highest BCUT2D eigenvalue weighted by Gasteiger charge is 2.08. The second-order valence-corrected chi connectivity index (χ2v) is 5.72. The van der Waals surface area contributed by atoms with E-state index < -0.39 is 0 Å². The zero-order chi connectivity index (χ0) is 17.4. The Morgan fingerprint density at radius 2 is 2.08 bits per heavy atom. The molecule has 0 aliphatic carbocycles. The Kier molecular flexibility index (Phi) is 6.73. The molecule has 1 aromatic carbocycles. The van der Waals surface area contributed by atoms with Crippen LogP contribution in [0.1, 0.15) is 25.1 Å². The van der Waals surface area contributed by atoms with Crippen LogP contribution >= 0.6 is 0 Å². The number of nitrogens with one attached hydrogen (secondary N) is 1. The van der Waals surface area contributed by atoms with Crippen LogP contribution < -0.4 is 10.1 Å². The second-order valence-electron chi connectivity index (χ2n) is 5.72. The van der Waals surface area contributed by atoms with Crippen LogP contribution in [0, 0.1) is 0 Å². The lowest BCUT2D eigenvalue weighted by molar-refractivity contribution is 0.340. The van der Waals surface area contributed by atoms with Crippen molar-refractivity contribution in [1.29, 1.82) is 0 Å². The number of hydrogen-bond donors (Lipinski definition) is 1. The Morgan fingerprint density at radius 3 is 2.75 bits per heavy atom. The molecule has 0 spiro atoms. The number of aliphatic imine (C=N–C) groups is 1. The van der Waals surface area contributed by atoms with Crippen LogP contribution in [0.4, 0.5) is 0 Å². The maximum absolute atomic E-state index is 5.55. The Morgan fingerprint density at radius 1 is 1.25 bits per heavy atom. The predicted octanol–water partition coefficient (Wildman–Crippen LogP) is 3.02. The van der Waals surface area contributed by atoms with Gasteiger partial charge in [0.2, 0.25) is 0 Å². The second kappa shape index (κ2) is 9.01. The number of benzene rings is 1. The van der Waals surface area contributed by atoms with Crippen LogP contribution in [0.3, 0.4) is 0 Å². The summed E-state index contributed by atoms with van der Waals surface area (Å²) in [6.45, 7) is 7.04. The van der Waals surface area contributed by atoms with Crippen molar-refractivity contribution in [2.24, 2.45) is 12.0 Å². The number of guanidine groups is 1. The van der Waals surface area contributed by atoms with Crippen molar-refractivity contribution < 1.29 is 4.74 Å². The molecular formula is C19H28N4O. The fourth-order valence-corrected chi connectivity index (χ4v) is 2.51. The van der Waals surface area contributed by atoms with Gasteiger partial charge in [0.05, 0.1) is 19.7 Å². The van der Waals surface area contributed by atoms with E-state index >= 15 is 0 Å². The molecule has 0 aliphatic rings. The number of aromatic nitrogens is 1. The molecule has 2 aromatic rings. The van der Waals surface area contributed by atoms with E-state index in [-0.39, 0.29) is 0 Å². The van der Waals surface area contributed by atoms with Crippen LogP contribution in [0.15, 0.2) is 47.6 Å². The molecule has 24 heavy (non-hydrogen) atoms. The quantitative estimate of drug-likeness (QED) is 0.627. The third kappa shape index (κ3) is 5.05. The normalized spacial score (nSPS) is 11.4. The lowest BCUT2D eigenvalue weighted by Crippen LogP contribution is -2.38. The monoisotopic (exact) mass is 328 g/mol. The summed E-state index contributed by atoms with van der Waals surface area (Å²) in [5.74, 6) is 1.80. The molecular weight excluding hydrogens is 300 g/mol. The molecule has 0 saturated carbocycles. The molecule has 0 atom stereocenters. The standard InChI is InChI=1S/C19H28N4O/c1-5-20-19(23(4)15-17-10-8-12-22(17)3)21-14-16-9-7-11-18(13-16)24-6-2/h7-13H,5-6,14-15H2,1-4H3,(H,20,21). The largest absolute Gasteiger partial charge is 0.494 e. The predicted molar refractivity (Wildman–Crippen MR) is 99.3 cm³/mol. The van der Waals surface area contributed by atoms with Gasteiger partial charge in [0.15, 0.2) is 5.96 Å². The smallest absolute Gasteiger partial charge is 0.194 e. The lowest BCUT2D eigenvalue weighted by atomic mass is 10.2. The van der Waals surface area contributed by atoms with Crippen molar-refractivity contribution in [3.63, 3.8) is 0 Å². The molecule has 0 aliphatic heterocycles. The lowest BCUT2D eigenvalue weighted by Gasteiger charge is -2.22. The van der Waals surface area contributed by atoms with Gasteiger partial charge in [-0.25, -0.2) is 4.99 Å². The van der Waals surface area contributed by atoms with Crippen LogP contribution in [0.5, 0.6) is 5.75 Å². The Hall–Kier alpha value is -2.43. The van der Waals surface area contributed by atoms with Crippen LogP contribution in [-0.2, 0) is 20.1 Å². The molecule has 130 valence electrons. The summed E-state index contributed by atoms with van der Waals surface area (Å²) < 4.78 is 7.68. The molecule has 0 bridgehead atoms.